The summed E-state index contributed by atoms with van der Waals surface area (Å²) in [6.07, 6.45) is 3.39. The van der Waals surface area contributed by atoms with Crippen molar-refractivity contribution in [2.75, 3.05) is 24.6 Å². The molecule has 1 aromatic carbocycles. The van der Waals surface area contributed by atoms with Crippen LogP contribution >= 0.6 is 0 Å². The predicted octanol–water partition coefficient (Wildman–Crippen LogP) is 4.64. The molecule has 0 N–H and O–H groups in total. The summed E-state index contributed by atoms with van der Waals surface area (Å²) in [6, 6.07) is 11.9. The molecule has 7 nitrogen and oxygen atoms in total. The quantitative estimate of drug-likeness (QED) is 0.564. The number of benzene rings is 1. The summed E-state index contributed by atoms with van der Waals surface area (Å²) in [5.41, 5.74) is 1.87. The first kappa shape index (κ1) is 20.3. The van der Waals surface area contributed by atoms with Crippen LogP contribution in [0.25, 0.3) is 11.5 Å². The van der Waals surface area contributed by atoms with Crippen LogP contribution in [-0.2, 0) is 0 Å². The highest BCUT2D eigenvalue weighted by molar-refractivity contribution is 5.54. The molecule has 0 saturated carbocycles. The molecule has 0 spiro atoms. The normalized spacial score (nSPS) is 15.0. The summed E-state index contributed by atoms with van der Waals surface area (Å²) in [5.74, 6) is 4.07. The van der Waals surface area contributed by atoms with Crippen molar-refractivity contribution in [2.24, 2.45) is 5.92 Å². The molecule has 0 aliphatic carbocycles. The van der Waals surface area contributed by atoms with Gasteiger partial charge >= 0.3 is 0 Å². The second kappa shape index (κ2) is 9.24. The smallest absolute Gasteiger partial charge is 0.257 e. The van der Waals surface area contributed by atoms with E-state index < -0.39 is 0 Å². The Kier molecular flexibility index (Phi) is 6.26. The first-order valence-electron chi connectivity index (χ1n) is 10.7. The lowest BCUT2D eigenvalue weighted by atomic mass is 9.94. The zero-order chi connectivity index (χ0) is 20.9. The number of hydrogen-bond acceptors (Lipinski definition) is 7. The number of hydrogen-bond donors (Lipinski definition) is 0. The summed E-state index contributed by atoms with van der Waals surface area (Å²) in [4.78, 5) is 6.76. The zero-order valence-corrected chi connectivity index (χ0v) is 17.9. The first-order chi connectivity index (χ1) is 14.6. The van der Waals surface area contributed by atoms with E-state index in [2.05, 4.69) is 31.3 Å². The highest BCUT2D eigenvalue weighted by Gasteiger charge is 2.20. The Morgan fingerprint density at radius 3 is 2.47 bits per heavy atom. The molecule has 3 heterocycles. The van der Waals surface area contributed by atoms with Gasteiger partial charge in [-0.15, -0.1) is 5.10 Å². The predicted molar refractivity (Wildman–Crippen MR) is 116 cm³/mol. The van der Waals surface area contributed by atoms with Gasteiger partial charge in [-0.05, 0) is 68.5 Å². The number of nitrogens with zero attached hydrogens (tertiary/aromatic N) is 5. The van der Waals surface area contributed by atoms with Crippen molar-refractivity contribution in [3.05, 3.63) is 47.9 Å². The van der Waals surface area contributed by atoms with Crippen LogP contribution in [-0.4, -0.2) is 40.0 Å². The van der Waals surface area contributed by atoms with Gasteiger partial charge in [0.15, 0.2) is 11.6 Å². The third-order valence-corrected chi connectivity index (χ3v) is 5.58. The van der Waals surface area contributed by atoms with E-state index in [1.807, 2.05) is 51.1 Å². The van der Waals surface area contributed by atoms with Crippen molar-refractivity contribution in [3.8, 4) is 17.2 Å². The average Bonchev–Trinajstić information content (AvgIpc) is 3.26. The second-order valence-corrected chi connectivity index (χ2v) is 8.24. The molecule has 0 radical (unpaired) electrons. The van der Waals surface area contributed by atoms with Crippen molar-refractivity contribution in [1.29, 1.82) is 0 Å². The van der Waals surface area contributed by atoms with Gasteiger partial charge in [-0.2, -0.15) is 10.1 Å². The molecular weight excluding hydrogens is 378 g/mol. The van der Waals surface area contributed by atoms with Gasteiger partial charge in [0.25, 0.3) is 5.89 Å². The van der Waals surface area contributed by atoms with E-state index in [0.29, 0.717) is 11.8 Å². The molecular formula is C23H29N5O2. The van der Waals surface area contributed by atoms with Gasteiger partial charge in [-0.25, -0.2) is 0 Å². The maximum absolute atomic E-state index is 5.97. The molecule has 0 amide bonds. The van der Waals surface area contributed by atoms with E-state index >= 15 is 0 Å². The monoisotopic (exact) mass is 407 g/mol. The minimum Gasteiger partial charge on any atom is -0.494 e. The molecule has 158 valence electrons. The first-order valence-corrected chi connectivity index (χ1v) is 10.7. The molecule has 3 aromatic rings. The van der Waals surface area contributed by atoms with Crippen LogP contribution in [0.5, 0.6) is 5.75 Å². The van der Waals surface area contributed by atoms with E-state index in [0.717, 1.165) is 67.6 Å². The lowest BCUT2D eigenvalue weighted by Gasteiger charge is -2.32. The molecule has 4 rings (SSSR count). The fourth-order valence-corrected chi connectivity index (χ4v) is 3.64. The molecule has 0 bridgehead atoms. The Labute approximate surface area is 177 Å². The largest absolute Gasteiger partial charge is 0.494 e. The lowest BCUT2D eigenvalue weighted by Crippen LogP contribution is -2.34. The number of rotatable bonds is 7. The fourth-order valence-electron chi connectivity index (χ4n) is 3.64. The van der Waals surface area contributed by atoms with Crippen molar-refractivity contribution >= 4 is 5.82 Å². The van der Waals surface area contributed by atoms with Gasteiger partial charge in [0.05, 0.1) is 12.3 Å². The molecule has 0 unspecified atom stereocenters. The topological polar surface area (TPSA) is 77.2 Å². The number of aryl methyl sites for hydroxylation is 1. The maximum atomic E-state index is 5.97. The van der Waals surface area contributed by atoms with Crippen LogP contribution in [0.3, 0.4) is 0 Å². The van der Waals surface area contributed by atoms with Gasteiger partial charge in [0, 0.05) is 24.6 Å². The zero-order valence-electron chi connectivity index (χ0n) is 17.9. The van der Waals surface area contributed by atoms with Gasteiger partial charge in [0.2, 0.25) is 0 Å². The lowest BCUT2D eigenvalue weighted by molar-refractivity contribution is 0.258. The second-order valence-electron chi connectivity index (χ2n) is 8.24. The molecule has 1 saturated heterocycles. The minimum atomic E-state index is 0.252. The molecule has 7 heteroatoms. The van der Waals surface area contributed by atoms with Crippen LogP contribution in [0, 0.1) is 12.8 Å². The number of piperidine rings is 1. The SMILES string of the molecule is Cc1ccc(N2CCC(CCOc3ccc(-c4nc(C(C)C)no4)cc3)CC2)nn1. The summed E-state index contributed by atoms with van der Waals surface area (Å²) in [5, 5.41) is 12.5. The fraction of sp³-hybridized carbons (Fsp3) is 0.478. The Bertz CT molecular complexity index is 929. The molecule has 0 atom stereocenters. The number of ether oxygens (including phenoxy) is 1. The molecule has 2 aromatic heterocycles. The summed E-state index contributed by atoms with van der Waals surface area (Å²) >= 11 is 0. The maximum Gasteiger partial charge on any atom is 0.257 e. The Morgan fingerprint density at radius 1 is 1.07 bits per heavy atom. The standard InChI is InChI=1S/C23H29N5O2/c1-16(2)22-24-23(30-27-22)19-5-7-20(8-6-19)29-15-12-18-10-13-28(14-11-18)21-9-4-17(3)25-26-21/h4-9,16,18H,10-15H2,1-3H3. The van der Waals surface area contributed by atoms with Crippen molar-refractivity contribution in [2.45, 2.75) is 46.0 Å². The van der Waals surface area contributed by atoms with Crippen LogP contribution in [0.2, 0.25) is 0 Å². The van der Waals surface area contributed by atoms with Crippen LogP contribution in [0.4, 0.5) is 5.82 Å². The molecule has 1 aliphatic heterocycles. The number of anilines is 1. The Balaban J connectivity index is 1.21. The van der Waals surface area contributed by atoms with Crippen molar-refractivity contribution in [3.63, 3.8) is 0 Å². The Hall–Kier alpha value is -2.96. The highest BCUT2D eigenvalue weighted by Crippen LogP contribution is 2.25. The van der Waals surface area contributed by atoms with Gasteiger partial charge in [0.1, 0.15) is 5.75 Å². The summed E-state index contributed by atoms with van der Waals surface area (Å²) in [7, 11) is 0. The minimum absolute atomic E-state index is 0.252. The van der Waals surface area contributed by atoms with Crippen molar-refractivity contribution in [1.82, 2.24) is 20.3 Å². The van der Waals surface area contributed by atoms with E-state index in [-0.39, 0.29) is 5.92 Å². The van der Waals surface area contributed by atoms with Crippen LogP contribution in [0.1, 0.15) is 50.5 Å². The average molecular weight is 408 g/mol. The molecule has 1 aliphatic rings. The van der Waals surface area contributed by atoms with Crippen LogP contribution < -0.4 is 9.64 Å². The Morgan fingerprint density at radius 2 is 1.83 bits per heavy atom. The van der Waals surface area contributed by atoms with E-state index in [4.69, 9.17) is 9.26 Å². The van der Waals surface area contributed by atoms with E-state index in [1.165, 1.54) is 0 Å². The van der Waals surface area contributed by atoms with Gasteiger partial charge in [-0.3, -0.25) is 0 Å². The highest BCUT2D eigenvalue weighted by atomic mass is 16.5. The van der Waals surface area contributed by atoms with Crippen molar-refractivity contribution < 1.29 is 9.26 Å². The van der Waals surface area contributed by atoms with Crippen LogP contribution in [0.15, 0.2) is 40.9 Å². The van der Waals surface area contributed by atoms with E-state index in [1.54, 1.807) is 0 Å². The van der Waals surface area contributed by atoms with E-state index in [9.17, 15) is 0 Å². The number of aromatic nitrogens is 4. The third-order valence-electron chi connectivity index (χ3n) is 5.58. The molecule has 30 heavy (non-hydrogen) atoms. The van der Waals surface area contributed by atoms with Gasteiger partial charge in [-0.1, -0.05) is 19.0 Å². The van der Waals surface area contributed by atoms with Gasteiger partial charge < -0.3 is 14.2 Å². The molecule has 1 fully saturated rings. The third kappa shape index (κ3) is 4.96. The summed E-state index contributed by atoms with van der Waals surface area (Å²) < 4.78 is 11.3. The summed E-state index contributed by atoms with van der Waals surface area (Å²) in [6.45, 7) is 8.84.